The van der Waals surface area contributed by atoms with E-state index in [0.717, 1.165) is 12.2 Å². The Kier molecular flexibility index (Phi) is 4.95. The summed E-state index contributed by atoms with van der Waals surface area (Å²) < 4.78 is 30.7. The molecule has 0 N–H and O–H groups in total. The molecule has 18 heavy (non-hydrogen) atoms. The molecule has 1 aromatic rings. The van der Waals surface area contributed by atoms with Crippen molar-refractivity contribution < 1.29 is 13.5 Å². The number of nitrogens with zero attached hydrogens (tertiary/aromatic N) is 1. The number of halogens is 3. The van der Waals surface area contributed by atoms with Crippen molar-refractivity contribution in [3.05, 3.63) is 29.8 Å². The lowest BCUT2D eigenvalue weighted by molar-refractivity contribution is 0.0705. The molecule has 5 heteroatoms. The molecule has 0 bridgehead atoms. The minimum Gasteiger partial charge on any atom is -0.488 e. The topological polar surface area (TPSA) is 12.5 Å². The molecule has 0 saturated carbocycles. The van der Waals surface area contributed by atoms with Gasteiger partial charge < -0.3 is 4.74 Å². The molecule has 0 spiro atoms. The summed E-state index contributed by atoms with van der Waals surface area (Å²) in [7, 11) is 0. The molecule has 1 atom stereocenters. The maximum atomic E-state index is 12.4. The number of hydrogen-bond acceptors (Lipinski definition) is 2. The van der Waals surface area contributed by atoms with Crippen LogP contribution in [0.3, 0.4) is 0 Å². The first kappa shape index (κ1) is 13.7. The predicted octanol–water partition coefficient (Wildman–Crippen LogP) is 2.95. The highest BCUT2D eigenvalue weighted by molar-refractivity contribution is 9.09. The zero-order chi connectivity index (χ0) is 13.0. The van der Waals surface area contributed by atoms with Gasteiger partial charge in [0.25, 0.3) is 6.43 Å². The van der Waals surface area contributed by atoms with Crippen molar-refractivity contribution in [2.45, 2.75) is 19.0 Å². The third-order valence-corrected chi connectivity index (χ3v) is 3.33. The molecule has 1 aliphatic rings. The minimum atomic E-state index is -2.30. The quantitative estimate of drug-likeness (QED) is 0.747. The SMILES string of the molecule is FC(F)CN(CCBr)CC1Cc2ccccc2O1. The zero-order valence-corrected chi connectivity index (χ0v) is 11.6. The molecule has 1 unspecified atom stereocenters. The Morgan fingerprint density at radius 3 is 2.83 bits per heavy atom. The van der Waals surface area contributed by atoms with Crippen molar-refractivity contribution >= 4 is 15.9 Å². The Hall–Kier alpha value is -0.680. The third kappa shape index (κ3) is 3.65. The Morgan fingerprint density at radius 2 is 2.17 bits per heavy atom. The number of fused-ring (bicyclic) bond motifs is 1. The molecule has 0 amide bonds. The van der Waals surface area contributed by atoms with E-state index in [1.54, 1.807) is 4.90 Å². The highest BCUT2D eigenvalue weighted by Gasteiger charge is 2.25. The molecule has 0 aliphatic carbocycles. The maximum Gasteiger partial charge on any atom is 0.251 e. The molecule has 0 saturated heterocycles. The van der Waals surface area contributed by atoms with E-state index in [2.05, 4.69) is 15.9 Å². The normalized spacial score (nSPS) is 18.2. The van der Waals surface area contributed by atoms with E-state index in [1.165, 1.54) is 5.56 Å². The fourth-order valence-corrected chi connectivity index (χ4v) is 2.72. The standard InChI is InChI=1S/C13H16BrF2NO/c14-5-6-17(9-13(15)16)8-11-7-10-3-1-2-4-12(10)18-11/h1-4,11,13H,5-9H2. The second kappa shape index (κ2) is 6.48. The fraction of sp³-hybridized carbons (Fsp3) is 0.538. The molecule has 1 aliphatic heterocycles. The highest BCUT2D eigenvalue weighted by Crippen LogP contribution is 2.28. The second-order valence-electron chi connectivity index (χ2n) is 4.39. The largest absolute Gasteiger partial charge is 0.488 e. The molecule has 0 radical (unpaired) electrons. The van der Waals surface area contributed by atoms with Gasteiger partial charge >= 0.3 is 0 Å². The van der Waals surface area contributed by atoms with E-state index in [4.69, 9.17) is 4.74 Å². The van der Waals surface area contributed by atoms with Crippen molar-refractivity contribution in [2.24, 2.45) is 0 Å². The van der Waals surface area contributed by atoms with E-state index in [0.29, 0.717) is 18.4 Å². The summed E-state index contributed by atoms with van der Waals surface area (Å²) in [6.07, 6.45) is -1.51. The van der Waals surface area contributed by atoms with Gasteiger partial charge in [-0.1, -0.05) is 34.1 Å². The molecule has 0 fully saturated rings. The van der Waals surface area contributed by atoms with Gasteiger partial charge in [-0.15, -0.1) is 0 Å². The number of para-hydroxylation sites is 1. The monoisotopic (exact) mass is 319 g/mol. The van der Waals surface area contributed by atoms with Crippen LogP contribution in [-0.2, 0) is 6.42 Å². The van der Waals surface area contributed by atoms with E-state index in [1.807, 2.05) is 24.3 Å². The van der Waals surface area contributed by atoms with Gasteiger partial charge in [-0.25, -0.2) is 8.78 Å². The van der Waals surface area contributed by atoms with Crippen molar-refractivity contribution in [3.8, 4) is 5.75 Å². The van der Waals surface area contributed by atoms with Gasteiger partial charge in [-0.05, 0) is 11.6 Å². The van der Waals surface area contributed by atoms with Gasteiger partial charge in [0.05, 0.1) is 6.54 Å². The van der Waals surface area contributed by atoms with Crippen molar-refractivity contribution in [1.82, 2.24) is 4.90 Å². The summed E-state index contributed by atoms with van der Waals surface area (Å²) >= 11 is 3.29. The van der Waals surface area contributed by atoms with Crippen LogP contribution in [0, 0.1) is 0 Å². The minimum absolute atomic E-state index is 0.0137. The van der Waals surface area contributed by atoms with Crippen LogP contribution < -0.4 is 4.74 Å². The van der Waals surface area contributed by atoms with Gasteiger partial charge in [0.15, 0.2) is 0 Å². The van der Waals surface area contributed by atoms with Crippen LogP contribution >= 0.6 is 15.9 Å². The molecule has 0 aromatic heterocycles. The molecule has 1 aromatic carbocycles. The van der Waals surface area contributed by atoms with Crippen LogP contribution in [0.25, 0.3) is 0 Å². The van der Waals surface area contributed by atoms with Crippen LogP contribution in [0.5, 0.6) is 5.75 Å². The predicted molar refractivity (Wildman–Crippen MR) is 70.8 cm³/mol. The summed E-state index contributed by atoms with van der Waals surface area (Å²) in [5, 5.41) is 0.694. The molecular formula is C13H16BrF2NO. The van der Waals surface area contributed by atoms with E-state index >= 15 is 0 Å². The average Bonchev–Trinajstić information content (AvgIpc) is 2.70. The number of rotatable bonds is 6. The summed E-state index contributed by atoms with van der Waals surface area (Å²) in [5.74, 6) is 0.887. The smallest absolute Gasteiger partial charge is 0.251 e. The molecule has 2 nitrogen and oxygen atoms in total. The van der Waals surface area contributed by atoms with Crippen LogP contribution in [0.2, 0.25) is 0 Å². The van der Waals surface area contributed by atoms with Gasteiger partial charge in [0, 0.05) is 24.8 Å². The lowest BCUT2D eigenvalue weighted by Crippen LogP contribution is -2.38. The second-order valence-corrected chi connectivity index (χ2v) is 5.18. The molecular weight excluding hydrogens is 304 g/mol. The maximum absolute atomic E-state index is 12.4. The highest BCUT2D eigenvalue weighted by atomic mass is 79.9. The summed E-state index contributed by atoms with van der Waals surface area (Å²) in [4.78, 5) is 1.75. The van der Waals surface area contributed by atoms with Crippen LogP contribution in [-0.4, -0.2) is 42.4 Å². The molecule has 2 rings (SSSR count). The lowest BCUT2D eigenvalue weighted by Gasteiger charge is -2.24. The summed E-state index contributed by atoms with van der Waals surface area (Å²) in [5.41, 5.74) is 1.17. The number of hydrogen-bond donors (Lipinski definition) is 0. The van der Waals surface area contributed by atoms with Crippen molar-refractivity contribution in [3.63, 3.8) is 0 Å². The van der Waals surface area contributed by atoms with E-state index in [9.17, 15) is 8.78 Å². The van der Waals surface area contributed by atoms with Crippen LogP contribution in [0.1, 0.15) is 5.56 Å². The first-order valence-electron chi connectivity index (χ1n) is 6.00. The lowest BCUT2D eigenvalue weighted by atomic mass is 10.1. The van der Waals surface area contributed by atoms with Crippen molar-refractivity contribution in [2.75, 3.05) is 25.0 Å². The fourth-order valence-electron chi connectivity index (χ4n) is 2.22. The summed E-state index contributed by atoms with van der Waals surface area (Å²) in [6, 6.07) is 7.85. The number of alkyl halides is 3. The Balaban J connectivity index is 1.90. The van der Waals surface area contributed by atoms with Gasteiger partial charge in [0.1, 0.15) is 11.9 Å². The first-order valence-corrected chi connectivity index (χ1v) is 7.12. The third-order valence-electron chi connectivity index (χ3n) is 2.97. The molecule has 100 valence electrons. The molecule has 1 heterocycles. The van der Waals surface area contributed by atoms with Gasteiger partial charge in [0.2, 0.25) is 0 Å². The Labute approximate surface area is 114 Å². The Morgan fingerprint density at radius 1 is 1.39 bits per heavy atom. The number of ether oxygens (including phenoxy) is 1. The zero-order valence-electron chi connectivity index (χ0n) is 9.99. The first-order chi connectivity index (χ1) is 8.69. The van der Waals surface area contributed by atoms with Crippen LogP contribution in [0.4, 0.5) is 8.78 Å². The number of benzene rings is 1. The summed E-state index contributed by atoms with van der Waals surface area (Å²) in [6.45, 7) is 0.965. The Bertz CT molecular complexity index is 364. The van der Waals surface area contributed by atoms with E-state index in [-0.39, 0.29) is 12.6 Å². The van der Waals surface area contributed by atoms with Crippen LogP contribution in [0.15, 0.2) is 24.3 Å². The average molecular weight is 320 g/mol. The van der Waals surface area contributed by atoms with Gasteiger partial charge in [-0.2, -0.15) is 0 Å². The van der Waals surface area contributed by atoms with E-state index < -0.39 is 6.43 Å². The van der Waals surface area contributed by atoms with Gasteiger partial charge in [-0.3, -0.25) is 4.90 Å². The van der Waals surface area contributed by atoms with Crippen molar-refractivity contribution in [1.29, 1.82) is 0 Å².